The molecule has 230 valence electrons. The predicted octanol–water partition coefficient (Wildman–Crippen LogP) is 7.28. The van der Waals surface area contributed by atoms with Crippen molar-refractivity contribution in [1.29, 1.82) is 0 Å². The lowest BCUT2D eigenvalue weighted by atomic mass is 9.96. The van der Waals surface area contributed by atoms with Gasteiger partial charge in [-0.1, -0.05) is 90.1 Å². The molecule has 8 nitrogen and oxygen atoms in total. The van der Waals surface area contributed by atoms with E-state index in [4.69, 9.17) is 16.6 Å². The summed E-state index contributed by atoms with van der Waals surface area (Å²) in [4.78, 5) is 26.9. The van der Waals surface area contributed by atoms with Crippen molar-refractivity contribution in [2.24, 2.45) is 0 Å². The van der Waals surface area contributed by atoms with Gasteiger partial charge in [0.1, 0.15) is 10.7 Å². The maximum Gasteiger partial charge on any atom is 0.273 e. The first-order valence-electron chi connectivity index (χ1n) is 15.0. The quantitative estimate of drug-likeness (QED) is 0.150. The zero-order valence-electron chi connectivity index (χ0n) is 24.8. The Morgan fingerprint density at radius 2 is 1.61 bits per heavy atom. The van der Waals surface area contributed by atoms with E-state index < -0.39 is 0 Å². The SMILES string of the molecule is O=C(c1csc(CSc2nnc(-c3cccnc3)n2-c2cccc(Cl)c2)n1)N1CCN(C(c2ccccc2)c2ccccc2)CC1. The zero-order valence-corrected chi connectivity index (χ0v) is 27.2. The maximum atomic E-state index is 13.5. The van der Waals surface area contributed by atoms with Gasteiger partial charge in [-0.15, -0.1) is 21.5 Å². The Morgan fingerprint density at radius 1 is 0.870 bits per heavy atom. The van der Waals surface area contributed by atoms with E-state index in [-0.39, 0.29) is 11.9 Å². The van der Waals surface area contributed by atoms with E-state index in [1.807, 2.05) is 63.4 Å². The third-order valence-electron chi connectivity index (χ3n) is 7.91. The van der Waals surface area contributed by atoms with Crippen LogP contribution in [0.25, 0.3) is 17.1 Å². The molecule has 0 N–H and O–H groups in total. The van der Waals surface area contributed by atoms with Crippen molar-refractivity contribution in [1.82, 2.24) is 34.5 Å². The number of halogens is 1. The van der Waals surface area contributed by atoms with E-state index in [1.165, 1.54) is 34.2 Å². The molecule has 0 unspecified atom stereocenters. The molecular formula is C35H30ClN7OS2. The summed E-state index contributed by atoms with van der Waals surface area (Å²) < 4.78 is 1.98. The van der Waals surface area contributed by atoms with Crippen LogP contribution in [0.5, 0.6) is 0 Å². The van der Waals surface area contributed by atoms with Crippen molar-refractivity contribution in [3.63, 3.8) is 0 Å². The first-order chi connectivity index (χ1) is 22.6. The molecule has 3 aromatic heterocycles. The van der Waals surface area contributed by atoms with Gasteiger partial charge in [0, 0.05) is 54.5 Å². The van der Waals surface area contributed by atoms with Crippen molar-refractivity contribution < 1.29 is 4.79 Å². The van der Waals surface area contributed by atoms with Crippen LogP contribution in [-0.2, 0) is 5.75 Å². The molecule has 0 radical (unpaired) electrons. The number of pyridine rings is 1. The molecule has 0 spiro atoms. The number of nitrogens with zero attached hydrogens (tertiary/aromatic N) is 7. The zero-order chi connectivity index (χ0) is 31.3. The molecule has 0 saturated carbocycles. The smallest absolute Gasteiger partial charge is 0.273 e. The number of benzene rings is 3. The molecule has 6 aromatic rings. The molecule has 0 atom stereocenters. The van der Waals surface area contributed by atoms with Crippen molar-refractivity contribution in [2.75, 3.05) is 26.2 Å². The second kappa shape index (κ2) is 14.0. The molecule has 7 rings (SSSR count). The molecule has 4 heterocycles. The number of thioether (sulfide) groups is 1. The van der Waals surface area contributed by atoms with Gasteiger partial charge in [-0.05, 0) is 41.5 Å². The Hall–Kier alpha value is -4.35. The summed E-state index contributed by atoms with van der Waals surface area (Å²) in [7, 11) is 0. The minimum atomic E-state index is -0.0240. The summed E-state index contributed by atoms with van der Waals surface area (Å²) in [6.45, 7) is 2.86. The van der Waals surface area contributed by atoms with Gasteiger partial charge in [-0.2, -0.15) is 0 Å². The number of carbonyl (C=O) groups is 1. The van der Waals surface area contributed by atoms with Crippen molar-refractivity contribution in [3.8, 4) is 17.1 Å². The van der Waals surface area contributed by atoms with Crippen LogP contribution >= 0.6 is 34.7 Å². The van der Waals surface area contributed by atoms with Gasteiger partial charge in [-0.3, -0.25) is 19.2 Å². The highest BCUT2D eigenvalue weighted by Crippen LogP contribution is 2.32. The number of aromatic nitrogens is 5. The fourth-order valence-electron chi connectivity index (χ4n) is 5.73. The fraction of sp³-hybridized carbons (Fsp3) is 0.171. The first-order valence-corrected chi connectivity index (χ1v) is 17.2. The van der Waals surface area contributed by atoms with Crippen LogP contribution in [0.1, 0.15) is 32.7 Å². The molecular weight excluding hydrogens is 634 g/mol. The minimum Gasteiger partial charge on any atom is -0.335 e. The highest BCUT2D eigenvalue weighted by atomic mass is 35.5. The average molecular weight is 664 g/mol. The highest BCUT2D eigenvalue weighted by Gasteiger charge is 2.29. The number of rotatable bonds is 9. The third-order valence-corrected chi connectivity index (χ3v) is 10.1. The van der Waals surface area contributed by atoms with Gasteiger partial charge < -0.3 is 4.90 Å². The lowest BCUT2D eigenvalue weighted by molar-refractivity contribution is 0.0592. The Kier molecular flexibility index (Phi) is 9.20. The number of hydrogen-bond acceptors (Lipinski definition) is 8. The van der Waals surface area contributed by atoms with E-state index in [0.717, 1.165) is 29.3 Å². The normalized spacial score (nSPS) is 13.7. The van der Waals surface area contributed by atoms with Crippen LogP contribution in [0.15, 0.2) is 120 Å². The molecule has 1 aliphatic rings. The van der Waals surface area contributed by atoms with Gasteiger partial charge >= 0.3 is 0 Å². The lowest BCUT2D eigenvalue weighted by Gasteiger charge is -2.39. The van der Waals surface area contributed by atoms with Gasteiger partial charge in [0.15, 0.2) is 11.0 Å². The van der Waals surface area contributed by atoms with Crippen LogP contribution in [-0.4, -0.2) is 66.6 Å². The van der Waals surface area contributed by atoms with E-state index in [2.05, 4.69) is 68.6 Å². The van der Waals surface area contributed by atoms with Crippen LogP contribution in [0.4, 0.5) is 0 Å². The summed E-state index contributed by atoms with van der Waals surface area (Å²) in [5.74, 6) is 1.20. The Labute approximate surface area is 280 Å². The van der Waals surface area contributed by atoms with E-state index in [9.17, 15) is 4.79 Å². The van der Waals surface area contributed by atoms with Gasteiger partial charge in [0.2, 0.25) is 0 Å². The van der Waals surface area contributed by atoms with Crippen LogP contribution in [0.2, 0.25) is 5.02 Å². The third kappa shape index (κ3) is 6.61. The molecule has 46 heavy (non-hydrogen) atoms. The minimum absolute atomic E-state index is 0.0240. The number of piperazine rings is 1. The van der Waals surface area contributed by atoms with Crippen molar-refractivity contribution in [2.45, 2.75) is 17.0 Å². The van der Waals surface area contributed by atoms with Crippen molar-refractivity contribution in [3.05, 3.63) is 142 Å². The van der Waals surface area contributed by atoms with E-state index in [0.29, 0.717) is 40.5 Å². The monoisotopic (exact) mass is 663 g/mol. The van der Waals surface area contributed by atoms with Crippen LogP contribution < -0.4 is 0 Å². The largest absolute Gasteiger partial charge is 0.335 e. The van der Waals surface area contributed by atoms with Crippen LogP contribution in [0.3, 0.4) is 0 Å². The Bertz CT molecular complexity index is 1870. The van der Waals surface area contributed by atoms with Crippen molar-refractivity contribution >= 4 is 40.6 Å². The predicted molar refractivity (Wildman–Crippen MR) is 183 cm³/mol. The first kappa shape index (κ1) is 30.3. The lowest BCUT2D eigenvalue weighted by Crippen LogP contribution is -2.50. The van der Waals surface area contributed by atoms with Gasteiger partial charge in [-0.25, -0.2) is 4.98 Å². The second-order valence-electron chi connectivity index (χ2n) is 10.8. The highest BCUT2D eigenvalue weighted by molar-refractivity contribution is 7.98. The fourth-order valence-corrected chi connectivity index (χ4v) is 7.65. The number of amides is 1. The topological polar surface area (TPSA) is 80.0 Å². The summed E-state index contributed by atoms with van der Waals surface area (Å²) >= 11 is 9.35. The Morgan fingerprint density at radius 3 is 2.28 bits per heavy atom. The molecule has 1 aliphatic heterocycles. The number of carbonyl (C=O) groups excluding carboxylic acids is 1. The molecule has 0 bridgehead atoms. The van der Waals surface area contributed by atoms with Gasteiger partial charge in [0.25, 0.3) is 5.91 Å². The van der Waals surface area contributed by atoms with Crippen LogP contribution in [0, 0.1) is 0 Å². The van der Waals surface area contributed by atoms with E-state index >= 15 is 0 Å². The summed E-state index contributed by atoms with van der Waals surface area (Å²) in [6.07, 6.45) is 3.49. The Balaban J connectivity index is 1.03. The second-order valence-corrected chi connectivity index (χ2v) is 13.2. The molecule has 11 heteroatoms. The molecule has 0 aliphatic carbocycles. The standard InChI is InChI=1S/C35H30ClN7OS2/c36-28-14-7-15-29(21-28)43-33(27-13-8-16-37-22-27)39-40-35(43)46-24-31-38-30(23-45-31)34(44)42-19-17-41(18-20-42)32(25-9-3-1-4-10-25)26-11-5-2-6-12-26/h1-16,21-23,32H,17-20,24H2. The molecule has 1 fully saturated rings. The number of hydrogen-bond donors (Lipinski definition) is 0. The number of thiazole rings is 1. The van der Waals surface area contributed by atoms with E-state index in [1.54, 1.807) is 12.4 Å². The maximum absolute atomic E-state index is 13.5. The summed E-state index contributed by atoms with van der Waals surface area (Å²) in [5, 5.41) is 13.0. The van der Waals surface area contributed by atoms with Gasteiger partial charge in [0.05, 0.1) is 17.5 Å². The average Bonchev–Trinajstić information content (AvgIpc) is 3.77. The summed E-state index contributed by atoms with van der Waals surface area (Å²) in [5.41, 5.74) is 4.71. The molecule has 1 amide bonds. The molecule has 1 saturated heterocycles. The summed E-state index contributed by atoms with van der Waals surface area (Å²) in [6, 6.07) is 32.7. The molecule has 3 aromatic carbocycles.